The number of hydrogen-bond acceptors (Lipinski definition) is 13. The van der Waals surface area contributed by atoms with E-state index in [1.807, 2.05) is 13.8 Å². The second kappa shape index (κ2) is 25.8. The third-order valence-corrected chi connectivity index (χ3v) is 9.01. The van der Waals surface area contributed by atoms with Gasteiger partial charge < -0.3 is 64.4 Å². The Morgan fingerprint density at radius 3 is 1.49 bits per heavy atom. The van der Waals surface area contributed by atoms with E-state index in [0.29, 0.717) is 12.0 Å². The van der Waals surface area contributed by atoms with Crippen molar-refractivity contribution in [3.8, 4) is 5.75 Å². The Morgan fingerprint density at radius 2 is 1.00 bits per heavy atom. The third-order valence-electron chi connectivity index (χ3n) is 8.65. The highest BCUT2D eigenvalue weighted by molar-refractivity contribution is 7.80. The monoisotopic (exact) mass is 853 g/mol. The summed E-state index contributed by atoms with van der Waals surface area (Å²) in [6, 6.07) is -4.19. The number of carboxylic acids is 1. The maximum absolute atomic E-state index is 13.9. The average molecular weight is 854 g/mol. The maximum atomic E-state index is 13.9. The first-order valence-electron chi connectivity index (χ1n) is 18.9. The lowest BCUT2D eigenvalue weighted by molar-refractivity contribution is -0.142. The number of aliphatic hydroxyl groups is 1. The number of aliphatic carboxylic acids is 1. The Hall–Kier alpha value is -5.48. The van der Waals surface area contributed by atoms with Gasteiger partial charge in [-0.2, -0.15) is 12.6 Å². The van der Waals surface area contributed by atoms with Crippen molar-refractivity contribution in [3.63, 3.8) is 0 Å². The molecule has 22 heteroatoms. The molecule has 7 atom stereocenters. The van der Waals surface area contributed by atoms with Gasteiger partial charge >= 0.3 is 5.97 Å². The number of carboxylic acid groups (broad SMARTS) is 1. The van der Waals surface area contributed by atoms with Crippen molar-refractivity contribution in [2.75, 3.05) is 12.4 Å². The number of carbonyl (C=O) groups is 9. The first kappa shape index (κ1) is 51.5. The molecular formula is C37H59N9O12S. The zero-order valence-corrected chi connectivity index (χ0v) is 34.5. The van der Waals surface area contributed by atoms with Crippen LogP contribution < -0.4 is 49.1 Å². The molecule has 0 saturated carbocycles. The SMILES string of the molecule is CC(C)C[C@H](NC(=O)[C@H](CCC(N)=O)NC(=O)[C@H](CS)NC(=O)[C@H](CO)NC(=O)[C@@H](N)CC(C)C)C(=O)N[C@@H](Cc1ccc(O)cc1)C(=O)N[C@@H](CCC(N)=O)C(=O)O. The minimum absolute atomic E-state index is 0.0115. The highest BCUT2D eigenvalue weighted by Gasteiger charge is 2.34. The second-order valence-electron chi connectivity index (χ2n) is 14.8. The summed E-state index contributed by atoms with van der Waals surface area (Å²) in [4.78, 5) is 115. The van der Waals surface area contributed by atoms with Gasteiger partial charge in [-0.15, -0.1) is 0 Å². The van der Waals surface area contributed by atoms with E-state index in [2.05, 4.69) is 44.5 Å². The number of primary amides is 2. The Bertz CT molecular complexity index is 1630. The molecule has 0 spiro atoms. The topological polar surface area (TPSA) is 365 Å². The number of rotatable bonds is 27. The van der Waals surface area contributed by atoms with Crippen molar-refractivity contribution in [2.24, 2.45) is 29.0 Å². The molecule has 0 saturated heterocycles. The molecule has 15 N–H and O–H groups in total. The van der Waals surface area contributed by atoms with Crippen LogP contribution in [0.3, 0.4) is 0 Å². The standard InChI is InChI=1S/C37H59N9O12S/c1-18(2)13-22(38)31(51)45-27(16-47)35(55)46-28(17-59)36(56)41-23(9-11-29(39)49)32(52)43-25(14-19(3)4)33(53)44-26(15-20-5-7-21(48)8-6-20)34(54)42-24(37(57)58)10-12-30(40)50/h5-8,18-19,22-28,47-48,59H,9-17,38H2,1-4H3,(H2,39,49)(H2,40,50)(H,41,56)(H,42,54)(H,43,52)(H,44,53)(H,45,51)(H,46,55)(H,57,58)/t22-,23-,24-,25-,26-,27-,28-/m0/s1. The van der Waals surface area contributed by atoms with Crippen LogP contribution in [0.15, 0.2) is 24.3 Å². The van der Waals surface area contributed by atoms with E-state index in [9.17, 15) is 58.5 Å². The maximum Gasteiger partial charge on any atom is 0.326 e. The van der Waals surface area contributed by atoms with Crippen LogP contribution in [0.25, 0.3) is 0 Å². The number of benzene rings is 1. The summed E-state index contributed by atoms with van der Waals surface area (Å²) >= 11 is 4.12. The summed E-state index contributed by atoms with van der Waals surface area (Å²) in [7, 11) is 0. The lowest BCUT2D eigenvalue weighted by Gasteiger charge is -2.28. The fourth-order valence-corrected chi connectivity index (χ4v) is 5.78. The molecule has 1 rings (SSSR count). The predicted molar refractivity (Wildman–Crippen MR) is 216 cm³/mol. The largest absolute Gasteiger partial charge is 0.508 e. The predicted octanol–water partition coefficient (Wildman–Crippen LogP) is -3.20. The van der Waals surface area contributed by atoms with E-state index in [0.717, 1.165) is 0 Å². The number of aliphatic hydroxyl groups excluding tert-OH is 1. The number of hydrogen-bond donors (Lipinski definition) is 13. The Kier molecular flexibility index (Phi) is 22.5. The van der Waals surface area contributed by atoms with Gasteiger partial charge in [0, 0.05) is 25.0 Å². The molecule has 0 bridgehead atoms. The average Bonchev–Trinajstić information content (AvgIpc) is 3.14. The van der Waals surface area contributed by atoms with Gasteiger partial charge in [-0.3, -0.25) is 38.4 Å². The summed E-state index contributed by atoms with van der Waals surface area (Å²) < 4.78 is 0. The number of amides is 8. The molecule has 0 radical (unpaired) electrons. The lowest BCUT2D eigenvalue weighted by atomic mass is 10.00. The number of nitrogens with two attached hydrogens (primary N) is 3. The first-order chi connectivity index (χ1) is 27.6. The van der Waals surface area contributed by atoms with Crippen molar-refractivity contribution in [1.29, 1.82) is 0 Å². The van der Waals surface area contributed by atoms with Gasteiger partial charge in [0.1, 0.15) is 42.0 Å². The summed E-state index contributed by atoms with van der Waals surface area (Å²) in [6.07, 6.45) is -1.38. The van der Waals surface area contributed by atoms with Gasteiger partial charge in [0.2, 0.25) is 47.3 Å². The molecule has 0 aliphatic heterocycles. The van der Waals surface area contributed by atoms with Crippen molar-refractivity contribution >= 4 is 65.9 Å². The van der Waals surface area contributed by atoms with Crippen LogP contribution in [0.4, 0.5) is 0 Å². The molecule has 0 aliphatic rings. The fraction of sp³-hybridized carbons (Fsp3) is 0.595. The van der Waals surface area contributed by atoms with Crippen LogP contribution in [-0.4, -0.2) is 123 Å². The number of thiol groups is 1. The first-order valence-corrected chi connectivity index (χ1v) is 19.6. The fourth-order valence-electron chi connectivity index (χ4n) is 5.52. The van der Waals surface area contributed by atoms with Crippen LogP contribution in [0.5, 0.6) is 5.75 Å². The minimum atomic E-state index is -1.55. The molecule has 59 heavy (non-hydrogen) atoms. The zero-order valence-electron chi connectivity index (χ0n) is 33.6. The Morgan fingerprint density at radius 1 is 0.593 bits per heavy atom. The molecule has 0 aliphatic carbocycles. The molecule has 21 nitrogen and oxygen atoms in total. The number of phenolic OH excluding ortho intramolecular Hbond substituents is 1. The van der Waals surface area contributed by atoms with Crippen LogP contribution in [0.2, 0.25) is 0 Å². The number of phenols is 1. The summed E-state index contributed by atoms with van der Waals surface area (Å²) in [6.45, 7) is 6.30. The van der Waals surface area contributed by atoms with Crippen molar-refractivity contribution in [1.82, 2.24) is 31.9 Å². The van der Waals surface area contributed by atoms with Gasteiger partial charge in [0.15, 0.2) is 0 Å². The normalized spacial score (nSPS) is 14.7. The van der Waals surface area contributed by atoms with E-state index in [1.165, 1.54) is 24.3 Å². The molecule has 0 heterocycles. The van der Waals surface area contributed by atoms with Crippen LogP contribution in [-0.2, 0) is 49.6 Å². The van der Waals surface area contributed by atoms with Gasteiger partial charge in [0.05, 0.1) is 12.6 Å². The smallest absolute Gasteiger partial charge is 0.326 e. The van der Waals surface area contributed by atoms with Gasteiger partial charge in [0.25, 0.3) is 0 Å². The van der Waals surface area contributed by atoms with Crippen molar-refractivity contribution in [2.45, 2.75) is 115 Å². The molecular weight excluding hydrogens is 795 g/mol. The van der Waals surface area contributed by atoms with E-state index in [-0.39, 0.29) is 55.4 Å². The Balaban J connectivity index is 3.33. The minimum Gasteiger partial charge on any atom is -0.508 e. The van der Waals surface area contributed by atoms with Gasteiger partial charge in [-0.25, -0.2) is 4.79 Å². The molecule has 8 amide bonds. The summed E-state index contributed by atoms with van der Waals surface area (Å²) in [5.74, 6) is -9.13. The van der Waals surface area contributed by atoms with E-state index in [4.69, 9.17) is 17.2 Å². The summed E-state index contributed by atoms with van der Waals surface area (Å²) in [5, 5.41) is 43.6. The number of carbonyl (C=O) groups excluding carboxylic acids is 8. The van der Waals surface area contributed by atoms with Crippen LogP contribution in [0.1, 0.15) is 71.8 Å². The highest BCUT2D eigenvalue weighted by Crippen LogP contribution is 2.14. The number of aromatic hydroxyl groups is 1. The van der Waals surface area contributed by atoms with Crippen molar-refractivity contribution < 1.29 is 58.5 Å². The molecule has 1 aromatic rings. The van der Waals surface area contributed by atoms with E-state index < -0.39 is 109 Å². The number of nitrogens with one attached hydrogen (secondary N) is 6. The molecule has 0 unspecified atom stereocenters. The second-order valence-corrected chi connectivity index (χ2v) is 15.2. The Labute approximate surface area is 347 Å². The van der Waals surface area contributed by atoms with E-state index >= 15 is 0 Å². The lowest BCUT2D eigenvalue weighted by Crippen LogP contribution is -2.60. The third kappa shape index (κ3) is 19.7. The zero-order chi connectivity index (χ0) is 45.0. The van der Waals surface area contributed by atoms with Crippen molar-refractivity contribution in [3.05, 3.63) is 29.8 Å². The quantitative estimate of drug-likeness (QED) is 0.0389. The van der Waals surface area contributed by atoms with Crippen LogP contribution in [0, 0.1) is 11.8 Å². The molecule has 330 valence electrons. The molecule has 0 aromatic heterocycles. The van der Waals surface area contributed by atoms with Gasteiger partial charge in [-0.1, -0.05) is 39.8 Å². The van der Waals surface area contributed by atoms with Gasteiger partial charge in [-0.05, 0) is 55.2 Å². The van der Waals surface area contributed by atoms with E-state index in [1.54, 1.807) is 13.8 Å². The van der Waals surface area contributed by atoms with Crippen LogP contribution >= 0.6 is 12.6 Å². The highest BCUT2D eigenvalue weighted by atomic mass is 32.1. The molecule has 0 fully saturated rings. The summed E-state index contributed by atoms with van der Waals surface area (Å²) in [5.41, 5.74) is 16.8. The molecule has 1 aromatic carbocycles.